The monoisotopic (exact) mass is 204 g/mol. The van der Waals surface area contributed by atoms with Gasteiger partial charge in [-0.1, -0.05) is 18.3 Å². The Kier molecular flexibility index (Phi) is 3.47. The van der Waals surface area contributed by atoms with Crippen molar-refractivity contribution in [3.05, 3.63) is 11.1 Å². The van der Waals surface area contributed by atoms with Crippen LogP contribution in [0.25, 0.3) is 0 Å². The first-order chi connectivity index (χ1) is 5.70. The van der Waals surface area contributed by atoms with Gasteiger partial charge in [0, 0.05) is 11.3 Å². The van der Waals surface area contributed by atoms with Crippen LogP contribution >= 0.6 is 23.1 Å². The minimum absolute atomic E-state index is 0.178. The summed E-state index contributed by atoms with van der Waals surface area (Å²) in [6.07, 6.45) is 2.01. The molecule has 0 radical (unpaired) electrons. The maximum Gasteiger partial charge on any atom is 0.0761 e. The second kappa shape index (κ2) is 4.19. The lowest BCUT2D eigenvalue weighted by atomic mass is 9.85. The van der Waals surface area contributed by atoms with E-state index in [1.165, 1.54) is 11.5 Å². The van der Waals surface area contributed by atoms with Crippen LogP contribution in [0.4, 0.5) is 0 Å². The highest BCUT2D eigenvalue weighted by molar-refractivity contribution is 7.03. The minimum atomic E-state index is 0.178. The van der Waals surface area contributed by atoms with Gasteiger partial charge in [-0.05, 0) is 29.8 Å². The van der Waals surface area contributed by atoms with Crippen molar-refractivity contribution in [2.24, 2.45) is 5.41 Å². The van der Waals surface area contributed by atoms with Gasteiger partial charge in [-0.15, -0.1) is 16.7 Å². The highest BCUT2D eigenvalue weighted by Gasteiger charge is 2.22. The summed E-state index contributed by atoms with van der Waals surface area (Å²) in [7, 11) is 0. The van der Waals surface area contributed by atoms with E-state index in [-0.39, 0.29) is 5.41 Å². The Morgan fingerprint density at radius 3 is 2.83 bits per heavy atom. The Hall–Kier alpha value is -0.150. The molecule has 12 heavy (non-hydrogen) atoms. The molecule has 68 valence electrons. The van der Waals surface area contributed by atoms with E-state index in [2.05, 4.69) is 23.4 Å². The van der Waals surface area contributed by atoms with Gasteiger partial charge in [0.1, 0.15) is 0 Å². The van der Waals surface area contributed by atoms with Gasteiger partial charge in [0.2, 0.25) is 0 Å². The van der Waals surface area contributed by atoms with Crippen molar-refractivity contribution in [2.75, 3.05) is 5.88 Å². The van der Waals surface area contributed by atoms with E-state index in [9.17, 15) is 0 Å². The lowest BCUT2D eigenvalue weighted by Crippen LogP contribution is -2.20. The first kappa shape index (κ1) is 9.93. The topological polar surface area (TPSA) is 25.8 Å². The van der Waals surface area contributed by atoms with Crippen molar-refractivity contribution in [3.8, 4) is 0 Å². The zero-order chi connectivity index (χ0) is 9.03. The average Bonchev–Trinajstić information content (AvgIpc) is 2.57. The molecule has 0 bridgehead atoms. The van der Waals surface area contributed by atoms with Crippen LogP contribution in [0.2, 0.25) is 0 Å². The average molecular weight is 205 g/mol. The van der Waals surface area contributed by atoms with E-state index in [1.807, 2.05) is 5.38 Å². The Labute approximate surface area is 82.1 Å². The van der Waals surface area contributed by atoms with E-state index >= 15 is 0 Å². The zero-order valence-electron chi connectivity index (χ0n) is 7.38. The summed E-state index contributed by atoms with van der Waals surface area (Å²) >= 11 is 7.28. The number of halogens is 1. The molecular formula is C8H13ClN2S. The molecule has 0 aliphatic heterocycles. The van der Waals surface area contributed by atoms with Crippen molar-refractivity contribution in [2.45, 2.75) is 26.7 Å². The SMILES string of the molecule is CCC(C)(CCl)Cc1csnn1. The van der Waals surface area contributed by atoms with Crippen molar-refractivity contribution in [3.63, 3.8) is 0 Å². The third kappa shape index (κ3) is 2.42. The van der Waals surface area contributed by atoms with Gasteiger partial charge >= 0.3 is 0 Å². The van der Waals surface area contributed by atoms with Crippen molar-refractivity contribution >= 4 is 23.1 Å². The van der Waals surface area contributed by atoms with Gasteiger partial charge in [0.15, 0.2) is 0 Å². The number of hydrogen-bond donors (Lipinski definition) is 0. The van der Waals surface area contributed by atoms with Crippen LogP contribution in [0.15, 0.2) is 5.38 Å². The molecule has 0 saturated heterocycles. The Bertz CT molecular complexity index is 219. The summed E-state index contributed by atoms with van der Waals surface area (Å²) in [5, 5.41) is 5.99. The second-order valence-electron chi connectivity index (χ2n) is 3.37. The quantitative estimate of drug-likeness (QED) is 0.705. The predicted molar refractivity (Wildman–Crippen MR) is 52.7 cm³/mol. The van der Waals surface area contributed by atoms with Crippen LogP contribution in [-0.4, -0.2) is 15.5 Å². The second-order valence-corrected chi connectivity index (χ2v) is 4.25. The molecule has 0 saturated carbocycles. The summed E-state index contributed by atoms with van der Waals surface area (Å²) in [6.45, 7) is 4.33. The van der Waals surface area contributed by atoms with Gasteiger partial charge in [-0.25, -0.2) is 0 Å². The normalized spacial score (nSPS) is 15.9. The molecule has 1 atom stereocenters. The van der Waals surface area contributed by atoms with E-state index in [0.717, 1.165) is 18.5 Å². The number of alkyl halides is 1. The largest absolute Gasteiger partial charge is 0.143 e. The Morgan fingerprint density at radius 2 is 2.42 bits per heavy atom. The molecule has 1 heterocycles. The van der Waals surface area contributed by atoms with Crippen molar-refractivity contribution in [1.29, 1.82) is 0 Å². The van der Waals surface area contributed by atoms with Gasteiger partial charge in [0.25, 0.3) is 0 Å². The molecule has 0 amide bonds. The fourth-order valence-corrected chi connectivity index (χ4v) is 1.70. The van der Waals surface area contributed by atoms with Crippen LogP contribution in [0, 0.1) is 5.41 Å². The summed E-state index contributed by atoms with van der Waals surface area (Å²) in [5.41, 5.74) is 1.24. The van der Waals surface area contributed by atoms with Crippen molar-refractivity contribution in [1.82, 2.24) is 9.59 Å². The fourth-order valence-electron chi connectivity index (χ4n) is 0.965. The number of hydrogen-bond acceptors (Lipinski definition) is 3. The van der Waals surface area contributed by atoms with E-state index in [1.54, 1.807) is 0 Å². The lowest BCUT2D eigenvalue weighted by Gasteiger charge is -2.23. The van der Waals surface area contributed by atoms with Crippen molar-refractivity contribution < 1.29 is 0 Å². The highest BCUT2D eigenvalue weighted by Crippen LogP contribution is 2.27. The molecule has 4 heteroatoms. The number of nitrogens with zero attached hydrogens (tertiary/aromatic N) is 2. The van der Waals surface area contributed by atoms with Gasteiger partial charge in [0.05, 0.1) is 5.69 Å². The Balaban J connectivity index is 2.60. The molecule has 1 aromatic rings. The molecule has 2 nitrogen and oxygen atoms in total. The third-order valence-electron chi connectivity index (χ3n) is 2.19. The van der Waals surface area contributed by atoms with E-state index < -0.39 is 0 Å². The summed E-state index contributed by atoms with van der Waals surface area (Å²) in [6, 6.07) is 0. The zero-order valence-corrected chi connectivity index (χ0v) is 8.95. The van der Waals surface area contributed by atoms with E-state index in [4.69, 9.17) is 11.6 Å². The molecule has 0 N–H and O–H groups in total. The molecule has 0 fully saturated rings. The molecule has 1 aromatic heterocycles. The standard InChI is InChI=1S/C8H13ClN2S/c1-3-8(2,6-9)4-7-5-12-11-10-7/h5H,3-4,6H2,1-2H3. The molecule has 0 aliphatic carbocycles. The first-order valence-electron chi connectivity index (χ1n) is 4.02. The van der Waals surface area contributed by atoms with Gasteiger partial charge in [-0.2, -0.15) is 0 Å². The first-order valence-corrected chi connectivity index (χ1v) is 5.39. The van der Waals surface area contributed by atoms with Crippen LogP contribution < -0.4 is 0 Å². The Morgan fingerprint density at radius 1 is 1.67 bits per heavy atom. The predicted octanol–water partition coefficient (Wildman–Crippen LogP) is 2.74. The molecule has 1 unspecified atom stereocenters. The minimum Gasteiger partial charge on any atom is -0.143 e. The number of rotatable bonds is 4. The lowest BCUT2D eigenvalue weighted by molar-refractivity contribution is 0.351. The summed E-state index contributed by atoms with van der Waals surface area (Å²) in [5.74, 6) is 0.682. The molecule has 1 rings (SSSR count). The molecule has 0 aromatic carbocycles. The van der Waals surface area contributed by atoms with Gasteiger partial charge < -0.3 is 0 Å². The molecule has 0 spiro atoms. The van der Waals surface area contributed by atoms with Crippen LogP contribution in [0.3, 0.4) is 0 Å². The maximum absolute atomic E-state index is 5.88. The van der Waals surface area contributed by atoms with Crippen LogP contribution in [0.1, 0.15) is 26.0 Å². The smallest absolute Gasteiger partial charge is 0.0761 e. The summed E-state index contributed by atoms with van der Waals surface area (Å²) < 4.78 is 3.82. The molecular weight excluding hydrogens is 192 g/mol. The van der Waals surface area contributed by atoms with Gasteiger partial charge in [-0.3, -0.25) is 0 Å². The maximum atomic E-state index is 5.88. The summed E-state index contributed by atoms with van der Waals surface area (Å²) in [4.78, 5) is 0. The molecule has 0 aliphatic rings. The third-order valence-corrected chi connectivity index (χ3v) is 3.39. The van der Waals surface area contributed by atoms with Crippen LogP contribution in [-0.2, 0) is 6.42 Å². The number of aromatic nitrogens is 2. The van der Waals surface area contributed by atoms with E-state index in [0.29, 0.717) is 5.88 Å². The van der Waals surface area contributed by atoms with Crippen LogP contribution in [0.5, 0.6) is 0 Å². The fraction of sp³-hybridized carbons (Fsp3) is 0.750. The highest BCUT2D eigenvalue weighted by atomic mass is 35.5.